The fourth-order valence-electron chi connectivity index (χ4n) is 2.50. The van der Waals surface area contributed by atoms with Crippen LogP contribution in [0.2, 0.25) is 0 Å². The molecule has 1 amide bonds. The summed E-state index contributed by atoms with van der Waals surface area (Å²) in [6, 6.07) is 3.81. The van der Waals surface area contributed by atoms with E-state index in [0.717, 1.165) is 35.6 Å². The summed E-state index contributed by atoms with van der Waals surface area (Å²) < 4.78 is 0. The van der Waals surface area contributed by atoms with E-state index in [-0.39, 0.29) is 18.2 Å². The van der Waals surface area contributed by atoms with Gasteiger partial charge in [-0.1, -0.05) is 13.3 Å². The number of Topliss-reactive ketones (excluding diaryl/α,β-unsaturated/α-hetero) is 1. The van der Waals surface area contributed by atoms with Crippen molar-refractivity contribution in [3.05, 3.63) is 21.9 Å². The van der Waals surface area contributed by atoms with Gasteiger partial charge in [-0.2, -0.15) is 0 Å². The van der Waals surface area contributed by atoms with Crippen LogP contribution in [0.1, 0.15) is 47.2 Å². The second kappa shape index (κ2) is 6.33. The SMILES string of the molecule is CCC1CCC(=O)N(CC(=O)c2ccc(C)s2)CC1. The number of thiophene rings is 1. The number of carbonyl (C=O) groups is 2. The molecule has 1 saturated heterocycles. The van der Waals surface area contributed by atoms with E-state index >= 15 is 0 Å². The molecule has 1 aromatic rings. The van der Waals surface area contributed by atoms with Crippen molar-refractivity contribution in [2.45, 2.75) is 39.5 Å². The van der Waals surface area contributed by atoms with Crippen molar-refractivity contribution in [2.75, 3.05) is 13.1 Å². The summed E-state index contributed by atoms with van der Waals surface area (Å²) in [6.07, 6.45) is 3.71. The van der Waals surface area contributed by atoms with E-state index in [1.54, 1.807) is 4.90 Å². The van der Waals surface area contributed by atoms with E-state index in [0.29, 0.717) is 12.3 Å². The van der Waals surface area contributed by atoms with Crippen LogP contribution in [0.25, 0.3) is 0 Å². The maximum absolute atomic E-state index is 12.2. The first-order chi connectivity index (χ1) is 9.10. The highest BCUT2D eigenvalue weighted by atomic mass is 32.1. The molecule has 0 bridgehead atoms. The monoisotopic (exact) mass is 279 g/mol. The van der Waals surface area contributed by atoms with Crippen LogP contribution in [-0.4, -0.2) is 29.7 Å². The highest BCUT2D eigenvalue weighted by Gasteiger charge is 2.23. The third-order valence-electron chi connectivity index (χ3n) is 3.85. The number of hydrogen-bond acceptors (Lipinski definition) is 3. The molecule has 1 aromatic heterocycles. The van der Waals surface area contributed by atoms with E-state index in [1.165, 1.54) is 11.3 Å². The van der Waals surface area contributed by atoms with E-state index < -0.39 is 0 Å². The van der Waals surface area contributed by atoms with Gasteiger partial charge in [0.1, 0.15) is 0 Å². The lowest BCUT2D eigenvalue weighted by Gasteiger charge is -2.19. The van der Waals surface area contributed by atoms with Gasteiger partial charge >= 0.3 is 0 Å². The first-order valence-corrected chi connectivity index (χ1v) is 7.79. The molecule has 2 heterocycles. The highest BCUT2D eigenvalue weighted by Crippen LogP contribution is 2.22. The number of carbonyl (C=O) groups excluding carboxylic acids is 2. The Morgan fingerprint density at radius 3 is 2.84 bits per heavy atom. The topological polar surface area (TPSA) is 37.4 Å². The Labute approximate surface area is 118 Å². The minimum atomic E-state index is 0.0707. The lowest BCUT2D eigenvalue weighted by Crippen LogP contribution is -2.35. The number of rotatable bonds is 4. The number of nitrogens with zero attached hydrogens (tertiary/aromatic N) is 1. The van der Waals surface area contributed by atoms with Gasteiger partial charge in [0.15, 0.2) is 5.78 Å². The maximum atomic E-state index is 12.2. The molecular formula is C15H21NO2S. The third kappa shape index (κ3) is 3.66. The average molecular weight is 279 g/mol. The van der Waals surface area contributed by atoms with Crippen LogP contribution in [0.5, 0.6) is 0 Å². The number of likely N-dealkylation sites (tertiary alicyclic amines) is 1. The van der Waals surface area contributed by atoms with Gasteiger partial charge in [-0.25, -0.2) is 0 Å². The number of aryl methyl sites for hydroxylation is 1. The quantitative estimate of drug-likeness (QED) is 0.793. The minimum Gasteiger partial charge on any atom is -0.335 e. The first-order valence-electron chi connectivity index (χ1n) is 6.97. The van der Waals surface area contributed by atoms with Gasteiger partial charge in [-0.05, 0) is 37.8 Å². The summed E-state index contributed by atoms with van der Waals surface area (Å²) in [4.78, 5) is 27.8. The van der Waals surface area contributed by atoms with Gasteiger partial charge < -0.3 is 4.90 Å². The highest BCUT2D eigenvalue weighted by molar-refractivity contribution is 7.14. The summed E-state index contributed by atoms with van der Waals surface area (Å²) in [6.45, 7) is 5.14. The van der Waals surface area contributed by atoms with Gasteiger partial charge in [0, 0.05) is 17.8 Å². The lowest BCUT2D eigenvalue weighted by molar-refractivity contribution is -0.130. The van der Waals surface area contributed by atoms with Crippen LogP contribution in [0, 0.1) is 12.8 Å². The van der Waals surface area contributed by atoms with Crippen LogP contribution in [0.15, 0.2) is 12.1 Å². The van der Waals surface area contributed by atoms with Gasteiger partial charge in [-0.15, -0.1) is 11.3 Å². The van der Waals surface area contributed by atoms with Crippen molar-refractivity contribution >= 4 is 23.0 Å². The van der Waals surface area contributed by atoms with Crippen LogP contribution >= 0.6 is 11.3 Å². The number of ketones is 1. The van der Waals surface area contributed by atoms with E-state index in [4.69, 9.17) is 0 Å². The van der Waals surface area contributed by atoms with Gasteiger partial charge in [0.05, 0.1) is 11.4 Å². The second-order valence-electron chi connectivity index (χ2n) is 5.25. The van der Waals surface area contributed by atoms with Gasteiger partial charge in [-0.3, -0.25) is 9.59 Å². The predicted molar refractivity (Wildman–Crippen MR) is 77.6 cm³/mol. The number of hydrogen-bond donors (Lipinski definition) is 0. The van der Waals surface area contributed by atoms with Crippen molar-refractivity contribution in [1.29, 1.82) is 0 Å². The fourth-order valence-corrected chi connectivity index (χ4v) is 3.30. The van der Waals surface area contributed by atoms with Gasteiger partial charge in [0.25, 0.3) is 0 Å². The molecular weight excluding hydrogens is 258 g/mol. The van der Waals surface area contributed by atoms with Gasteiger partial charge in [0.2, 0.25) is 5.91 Å². The molecule has 0 radical (unpaired) electrons. The van der Waals surface area contributed by atoms with Crippen LogP contribution < -0.4 is 0 Å². The second-order valence-corrected chi connectivity index (χ2v) is 6.54. The van der Waals surface area contributed by atoms with Crippen LogP contribution in [0.4, 0.5) is 0 Å². The molecule has 3 nitrogen and oxygen atoms in total. The van der Waals surface area contributed by atoms with Crippen LogP contribution in [0.3, 0.4) is 0 Å². The molecule has 19 heavy (non-hydrogen) atoms. The molecule has 1 fully saturated rings. The van der Waals surface area contributed by atoms with E-state index in [9.17, 15) is 9.59 Å². The molecule has 1 atom stereocenters. The zero-order chi connectivity index (χ0) is 13.8. The van der Waals surface area contributed by atoms with Crippen LogP contribution in [-0.2, 0) is 4.79 Å². The molecule has 0 aliphatic carbocycles. The molecule has 0 aromatic carbocycles. The summed E-state index contributed by atoms with van der Waals surface area (Å²) in [5.74, 6) is 0.840. The Bertz CT molecular complexity index is 466. The molecule has 0 N–H and O–H groups in total. The smallest absolute Gasteiger partial charge is 0.222 e. The largest absolute Gasteiger partial charge is 0.335 e. The Morgan fingerprint density at radius 2 is 2.21 bits per heavy atom. The molecule has 4 heteroatoms. The number of amides is 1. The summed E-state index contributed by atoms with van der Waals surface area (Å²) in [5, 5.41) is 0. The van der Waals surface area contributed by atoms with Crippen molar-refractivity contribution in [1.82, 2.24) is 4.90 Å². The van der Waals surface area contributed by atoms with E-state index in [2.05, 4.69) is 6.92 Å². The zero-order valence-corrected chi connectivity index (χ0v) is 12.5. The predicted octanol–water partition coefficient (Wildman–Crippen LogP) is 3.28. The van der Waals surface area contributed by atoms with Crippen molar-refractivity contribution in [2.24, 2.45) is 5.92 Å². The fraction of sp³-hybridized carbons (Fsp3) is 0.600. The van der Waals surface area contributed by atoms with Crippen molar-refractivity contribution in [3.8, 4) is 0 Å². The van der Waals surface area contributed by atoms with E-state index in [1.807, 2.05) is 19.1 Å². The molecule has 104 valence electrons. The third-order valence-corrected chi connectivity index (χ3v) is 4.90. The average Bonchev–Trinajstić information content (AvgIpc) is 2.75. The molecule has 1 aliphatic heterocycles. The molecule has 1 aliphatic rings. The first kappa shape index (κ1) is 14.3. The lowest BCUT2D eigenvalue weighted by atomic mass is 9.98. The molecule has 0 saturated carbocycles. The minimum absolute atomic E-state index is 0.0707. The molecule has 0 spiro atoms. The van der Waals surface area contributed by atoms with Crippen molar-refractivity contribution in [3.63, 3.8) is 0 Å². The molecule has 1 unspecified atom stereocenters. The standard InChI is InChI=1S/C15H21NO2S/c1-3-12-5-7-15(18)16(9-8-12)10-13(17)14-6-4-11(2)19-14/h4,6,12H,3,5,7-10H2,1-2H3. The summed E-state index contributed by atoms with van der Waals surface area (Å²) in [7, 11) is 0. The normalized spacial score (nSPS) is 20.4. The zero-order valence-electron chi connectivity index (χ0n) is 11.6. The summed E-state index contributed by atoms with van der Waals surface area (Å²) >= 11 is 1.51. The maximum Gasteiger partial charge on any atom is 0.222 e. The molecule has 2 rings (SSSR count). The Morgan fingerprint density at radius 1 is 1.42 bits per heavy atom. The summed E-state index contributed by atoms with van der Waals surface area (Å²) in [5.41, 5.74) is 0. The van der Waals surface area contributed by atoms with Crippen molar-refractivity contribution < 1.29 is 9.59 Å². The Kier molecular flexibility index (Phi) is 4.75. The Hall–Kier alpha value is -1.16. The Balaban J connectivity index is 1.97.